The maximum Gasteiger partial charge on any atom is 0.0654 e. The highest BCUT2D eigenvalue weighted by atomic mass is 35.5. The maximum atomic E-state index is 6.38. The fourth-order valence-corrected chi connectivity index (χ4v) is 5.25. The quantitative estimate of drug-likeness (QED) is 0.398. The Balaban J connectivity index is 0.000000396. The monoisotopic (exact) mass is 523 g/mol. The molecule has 0 spiro atoms. The zero-order chi connectivity index (χ0) is 24.6. The van der Waals surface area contributed by atoms with Crippen LogP contribution in [0.4, 0.5) is 5.69 Å². The standard InChI is InChI=1S/C22H35Cl2N3.C6H5Cl/c1-22(2,3)8-11-25-9-6-18(7-10-25)17-26-12-14-27(15-13-26)21-5-4-19(23)16-20(21)24;7-6-4-2-1-3-5-6/h4-5,16,18H,6-15,17H2,1-3H3;1-5H. The Labute approximate surface area is 222 Å². The molecule has 0 aliphatic carbocycles. The Bertz CT molecular complexity index is 853. The summed E-state index contributed by atoms with van der Waals surface area (Å²) in [4.78, 5) is 7.71. The molecule has 2 aliphatic heterocycles. The minimum Gasteiger partial charge on any atom is -0.368 e. The van der Waals surface area contributed by atoms with Gasteiger partial charge in [-0.1, -0.05) is 73.8 Å². The van der Waals surface area contributed by atoms with Gasteiger partial charge in [-0.05, 0) is 80.6 Å². The van der Waals surface area contributed by atoms with E-state index in [2.05, 4.69) is 35.5 Å². The van der Waals surface area contributed by atoms with Crippen molar-refractivity contribution >= 4 is 40.5 Å². The molecule has 0 atom stereocenters. The van der Waals surface area contributed by atoms with E-state index < -0.39 is 0 Å². The molecule has 2 aromatic carbocycles. The average Bonchev–Trinajstić information content (AvgIpc) is 2.80. The molecule has 34 heavy (non-hydrogen) atoms. The second kappa shape index (κ2) is 13.4. The minimum absolute atomic E-state index is 0.448. The summed E-state index contributed by atoms with van der Waals surface area (Å²) in [5.74, 6) is 0.863. The molecule has 4 rings (SSSR count). The number of likely N-dealkylation sites (tertiary alicyclic amines) is 1. The Hall–Kier alpha value is -0.970. The van der Waals surface area contributed by atoms with Crippen molar-refractivity contribution in [2.45, 2.75) is 40.0 Å². The summed E-state index contributed by atoms with van der Waals surface area (Å²) in [6.45, 7) is 16.5. The third kappa shape index (κ3) is 9.59. The maximum absolute atomic E-state index is 6.38. The van der Waals surface area contributed by atoms with Gasteiger partial charge in [0.2, 0.25) is 0 Å². The van der Waals surface area contributed by atoms with Gasteiger partial charge in [0.15, 0.2) is 0 Å². The first-order valence-corrected chi connectivity index (χ1v) is 13.7. The lowest BCUT2D eigenvalue weighted by molar-refractivity contribution is 0.130. The van der Waals surface area contributed by atoms with E-state index in [1.807, 2.05) is 48.5 Å². The molecule has 2 saturated heterocycles. The van der Waals surface area contributed by atoms with E-state index in [-0.39, 0.29) is 0 Å². The smallest absolute Gasteiger partial charge is 0.0654 e. The molecule has 0 bridgehead atoms. The first-order chi connectivity index (χ1) is 16.2. The molecule has 0 amide bonds. The van der Waals surface area contributed by atoms with Gasteiger partial charge in [0.1, 0.15) is 0 Å². The van der Waals surface area contributed by atoms with Crippen molar-refractivity contribution in [2.24, 2.45) is 11.3 Å². The second-order valence-electron chi connectivity index (χ2n) is 10.8. The largest absolute Gasteiger partial charge is 0.368 e. The van der Waals surface area contributed by atoms with E-state index in [9.17, 15) is 0 Å². The van der Waals surface area contributed by atoms with E-state index in [1.165, 1.54) is 45.4 Å². The molecule has 0 unspecified atom stereocenters. The molecule has 0 radical (unpaired) electrons. The number of rotatable bonds is 5. The molecule has 2 heterocycles. The molecule has 0 N–H and O–H groups in total. The molecular weight excluding hydrogens is 485 g/mol. The Morgan fingerprint density at radius 2 is 1.41 bits per heavy atom. The van der Waals surface area contributed by atoms with Crippen LogP contribution in [0.25, 0.3) is 0 Å². The molecule has 2 aliphatic rings. The van der Waals surface area contributed by atoms with Crippen LogP contribution >= 0.6 is 34.8 Å². The number of nitrogens with zero attached hydrogens (tertiary/aromatic N) is 3. The highest BCUT2D eigenvalue weighted by molar-refractivity contribution is 6.36. The highest BCUT2D eigenvalue weighted by Crippen LogP contribution is 2.30. The van der Waals surface area contributed by atoms with Crippen LogP contribution in [0.5, 0.6) is 0 Å². The number of hydrogen-bond donors (Lipinski definition) is 0. The van der Waals surface area contributed by atoms with Crippen molar-refractivity contribution in [1.29, 1.82) is 0 Å². The van der Waals surface area contributed by atoms with E-state index >= 15 is 0 Å². The van der Waals surface area contributed by atoms with E-state index in [0.717, 1.165) is 47.8 Å². The van der Waals surface area contributed by atoms with Crippen LogP contribution in [0.3, 0.4) is 0 Å². The number of hydrogen-bond acceptors (Lipinski definition) is 3. The van der Waals surface area contributed by atoms with Crippen molar-refractivity contribution < 1.29 is 0 Å². The van der Waals surface area contributed by atoms with Crippen molar-refractivity contribution in [3.63, 3.8) is 0 Å². The zero-order valence-corrected chi connectivity index (χ0v) is 23.2. The molecule has 0 aromatic heterocycles. The van der Waals surface area contributed by atoms with Gasteiger partial charge >= 0.3 is 0 Å². The van der Waals surface area contributed by atoms with Crippen molar-refractivity contribution in [3.05, 3.63) is 63.6 Å². The van der Waals surface area contributed by atoms with Crippen LogP contribution in [-0.4, -0.2) is 62.2 Å². The Morgan fingerprint density at radius 3 is 1.94 bits per heavy atom. The summed E-state index contributed by atoms with van der Waals surface area (Å²) >= 11 is 17.9. The lowest BCUT2D eigenvalue weighted by Gasteiger charge is -2.40. The zero-order valence-electron chi connectivity index (χ0n) is 20.9. The third-order valence-electron chi connectivity index (χ3n) is 6.76. The number of halogens is 3. The van der Waals surface area contributed by atoms with Gasteiger partial charge in [-0.3, -0.25) is 4.90 Å². The SMILES string of the molecule is CC(C)(C)CCN1CCC(CN2CCN(c3ccc(Cl)cc3Cl)CC2)CC1.Clc1ccccc1. The molecule has 6 heteroatoms. The second-order valence-corrected chi connectivity index (χ2v) is 12.1. The summed E-state index contributed by atoms with van der Waals surface area (Å²) in [6, 6.07) is 15.3. The van der Waals surface area contributed by atoms with Gasteiger partial charge in [0, 0.05) is 42.8 Å². The van der Waals surface area contributed by atoms with Crippen LogP contribution in [-0.2, 0) is 0 Å². The van der Waals surface area contributed by atoms with Gasteiger partial charge < -0.3 is 9.80 Å². The van der Waals surface area contributed by atoms with Gasteiger partial charge in [0.05, 0.1) is 10.7 Å². The third-order valence-corrected chi connectivity index (χ3v) is 7.55. The summed E-state index contributed by atoms with van der Waals surface area (Å²) in [6.07, 6.45) is 4.01. The predicted octanol–water partition coefficient (Wildman–Crippen LogP) is 7.60. The average molecular weight is 525 g/mol. The lowest BCUT2D eigenvalue weighted by atomic mass is 9.90. The lowest BCUT2D eigenvalue weighted by Crippen LogP contribution is -2.49. The Morgan fingerprint density at radius 1 is 0.765 bits per heavy atom. The van der Waals surface area contributed by atoms with Crippen molar-refractivity contribution in [2.75, 3.05) is 57.3 Å². The van der Waals surface area contributed by atoms with Gasteiger partial charge in [0.25, 0.3) is 0 Å². The summed E-state index contributed by atoms with van der Waals surface area (Å²) in [7, 11) is 0. The number of benzene rings is 2. The summed E-state index contributed by atoms with van der Waals surface area (Å²) in [5, 5.41) is 2.26. The number of anilines is 1. The van der Waals surface area contributed by atoms with Crippen LogP contribution in [0, 0.1) is 11.3 Å². The van der Waals surface area contributed by atoms with Crippen LogP contribution in [0.15, 0.2) is 48.5 Å². The normalized spacial score (nSPS) is 18.5. The molecule has 2 aromatic rings. The topological polar surface area (TPSA) is 9.72 Å². The molecule has 188 valence electrons. The van der Waals surface area contributed by atoms with Crippen LogP contribution in [0.1, 0.15) is 40.0 Å². The van der Waals surface area contributed by atoms with E-state index in [4.69, 9.17) is 34.8 Å². The highest BCUT2D eigenvalue weighted by Gasteiger charge is 2.25. The first-order valence-electron chi connectivity index (χ1n) is 12.5. The molecular formula is C28H40Cl3N3. The number of piperazine rings is 1. The fourth-order valence-electron chi connectivity index (χ4n) is 4.58. The molecule has 3 nitrogen and oxygen atoms in total. The van der Waals surface area contributed by atoms with Crippen molar-refractivity contribution in [1.82, 2.24) is 9.80 Å². The summed E-state index contributed by atoms with van der Waals surface area (Å²) < 4.78 is 0. The van der Waals surface area contributed by atoms with E-state index in [0.29, 0.717) is 10.4 Å². The first kappa shape index (κ1) is 27.6. The predicted molar refractivity (Wildman–Crippen MR) is 150 cm³/mol. The molecule has 0 saturated carbocycles. The van der Waals surface area contributed by atoms with Crippen LogP contribution < -0.4 is 4.90 Å². The Kier molecular flexibility index (Phi) is 10.9. The summed E-state index contributed by atoms with van der Waals surface area (Å²) in [5.41, 5.74) is 1.57. The van der Waals surface area contributed by atoms with Gasteiger partial charge in [-0.15, -0.1) is 0 Å². The molecule has 2 fully saturated rings. The fraction of sp³-hybridized carbons (Fsp3) is 0.571. The van der Waals surface area contributed by atoms with Gasteiger partial charge in [-0.2, -0.15) is 0 Å². The van der Waals surface area contributed by atoms with Crippen molar-refractivity contribution in [3.8, 4) is 0 Å². The van der Waals surface area contributed by atoms with E-state index in [1.54, 1.807) is 0 Å². The van der Waals surface area contributed by atoms with Crippen LogP contribution in [0.2, 0.25) is 15.1 Å². The number of piperidine rings is 1. The minimum atomic E-state index is 0.448. The van der Waals surface area contributed by atoms with Gasteiger partial charge in [-0.25, -0.2) is 0 Å².